The molecular weight excluding hydrogens is 324 g/mol. The second kappa shape index (κ2) is 5.16. The van der Waals surface area contributed by atoms with Crippen LogP contribution >= 0.6 is 39.3 Å². The SMILES string of the molecule is CC1(C(=O)Nc2cc(Br)cnc2Cl)CCCS1. The van der Waals surface area contributed by atoms with Gasteiger partial charge in [0.2, 0.25) is 5.91 Å². The van der Waals surface area contributed by atoms with Gasteiger partial charge in [-0.3, -0.25) is 4.79 Å². The molecule has 0 aromatic carbocycles. The number of thioether (sulfide) groups is 1. The molecule has 1 N–H and O–H groups in total. The van der Waals surface area contributed by atoms with E-state index in [4.69, 9.17) is 11.6 Å². The molecule has 1 saturated heterocycles. The standard InChI is InChI=1S/C11H12BrClN2OS/c1-11(3-2-4-17-11)10(16)15-8-5-7(12)6-14-9(8)13/h5-6H,2-4H2,1H3,(H,15,16). The number of amides is 1. The highest BCUT2D eigenvalue weighted by atomic mass is 79.9. The molecule has 1 unspecified atom stereocenters. The number of halogens is 2. The van der Waals surface area contributed by atoms with Crippen LogP contribution < -0.4 is 5.32 Å². The highest BCUT2D eigenvalue weighted by molar-refractivity contribution is 9.10. The van der Waals surface area contributed by atoms with Crippen LogP contribution in [0, 0.1) is 0 Å². The molecule has 0 saturated carbocycles. The van der Waals surface area contributed by atoms with Crippen LogP contribution in [0.3, 0.4) is 0 Å². The van der Waals surface area contributed by atoms with Gasteiger partial charge < -0.3 is 5.32 Å². The Bertz CT molecular complexity index is 449. The molecule has 3 nitrogen and oxygen atoms in total. The van der Waals surface area contributed by atoms with Gasteiger partial charge in [0.15, 0.2) is 5.15 Å². The van der Waals surface area contributed by atoms with Crippen molar-refractivity contribution in [2.75, 3.05) is 11.1 Å². The third-order valence-electron chi connectivity index (χ3n) is 2.75. The minimum Gasteiger partial charge on any atom is -0.322 e. The number of nitrogens with one attached hydrogen (secondary N) is 1. The molecule has 0 aliphatic carbocycles. The van der Waals surface area contributed by atoms with Crippen molar-refractivity contribution in [3.05, 3.63) is 21.9 Å². The number of anilines is 1. The first-order valence-electron chi connectivity index (χ1n) is 5.28. The first kappa shape index (κ1) is 13.2. The molecule has 2 rings (SSSR count). The van der Waals surface area contributed by atoms with Gasteiger partial charge in [-0.15, -0.1) is 11.8 Å². The highest BCUT2D eigenvalue weighted by Crippen LogP contribution is 2.39. The van der Waals surface area contributed by atoms with Crippen LogP contribution in [0.15, 0.2) is 16.7 Å². The third kappa shape index (κ3) is 2.95. The van der Waals surface area contributed by atoms with E-state index in [-0.39, 0.29) is 10.7 Å². The van der Waals surface area contributed by atoms with E-state index in [2.05, 4.69) is 26.2 Å². The van der Waals surface area contributed by atoms with Crippen LogP contribution in [0.1, 0.15) is 19.8 Å². The van der Waals surface area contributed by atoms with Crippen LogP contribution in [0.4, 0.5) is 5.69 Å². The topological polar surface area (TPSA) is 42.0 Å². The summed E-state index contributed by atoms with van der Waals surface area (Å²) in [4.78, 5) is 16.1. The maximum Gasteiger partial charge on any atom is 0.240 e. The van der Waals surface area contributed by atoms with E-state index in [1.54, 1.807) is 24.0 Å². The molecule has 1 fully saturated rings. The quantitative estimate of drug-likeness (QED) is 0.838. The maximum atomic E-state index is 12.2. The molecule has 1 amide bonds. The second-order valence-electron chi connectivity index (χ2n) is 4.13. The van der Waals surface area contributed by atoms with Crippen molar-refractivity contribution in [2.24, 2.45) is 0 Å². The summed E-state index contributed by atoms with van der Waals surface area (Å²) in [7, 11) is 0. The number of pyridine rings is 1. The average Bonchev–Trinajstić information content (AvgIpc) is 2.72. The Kier molecular flexibility index (Phi) is 4.00. The highest BCUT2D eigenvalue weighted by Gasteiger charge is 2.37. The molecule has 1 aromatic rings. The Morgan fingerprint density at radius 3 is 3.12 bits per heavy atom. The molecule has 1 aliphatic heterocycles. The first-order chi connectivity index (χ1) is 8.01. The fourth-order valence-corrected chi connectivity index (χ4v) is 3.41. The van der Waals surface area contributed by atoms with Gasteiger partial charge in [-0.25, -0.2) is 4.98 Å². The van der Waals surface area contributed by atoms with E-state index in [0.29, 0.717) is 10.8 Å². The molecule has 1 atom stereocenters. The lowest BCUT2D eigenvalue weighted by Gasteiger charge is -2.21. The number of aromatic nitrogens is 1. The van der Waals surface area contributed by atoms with E-state index >= 15 is 0 Å². The summed E-state index contributed by atoms with van der Waals surface area (Å²) in [6.07, 6.45) is 3.59. The largest absolute Gasteiger partial charge is 0.322 e. The Labute approximate surface area is 118 Å². The number of hydrogen-bond donors (Lipinski definition) is 1. The van der Waals surface area contributed by atoms with Gasteiger partial charge in [-0.1, -0.05) is 11.6 Å². The lowest BCUT2D eigenvalue weighted by atomic mass is 10.0. The van der Waals surface area contributed by atoms with E-state index < -0.39 is 0 Å². The number of hydrogen-bond acceptors (Lipinski definition) is 3. The minimum atomic E-state index is -0.342. The van der Waals surface area contributed by atoms with Crippen LogP contribution in [-0.4, -0.2) is 21.4 Å². The van der Waals surface area contributed by atoms with Crippen LogP contribution in [-0.2, 0) is 4.79 Å². The zero-order valence-electron chi connectivity index (χ0n) is 9.30. The predicted molar refractivity (Wildman–Crippen MR) is 75.7 cm³/mol. The Morgan fingerprint density at radius 1 is 1.71 bits per heavy atom. The van der Waals surface area contributed by atoms with E-state index in [0.717, 1.165) is 23.1 Å². The van der Waals surface area contributed by atoms with Crippen molar-refractivity contribution in [2.45, 2.75) is 24.5 Å². The van der Waals surface area contributed by atoms with Gasteiger partial charge in [0, 0.05) is 10.7 Å². The lowest BCUT2D eigenvalue weighted by molar-refractivity contribution is -0.118. The van der Waals surface area contributed by atoms with Gasteiger partial charge in [0.1, 0.15) is 0 Å². The molecular formula is C11H12BrClN2OS. The fraction of sp³-hybridized carbons (Fsp3) is 0.455. The molecule has 6 heteroatoms. The molecule has 0 radical (unpaired) electrons. The van der Waals surface area contributed by atoms with Crippen molar-refractivity contribution in [1.29, 1.82) is 0 Å². The van der Waals surface area contributed by atoms with Gasteiger partial charge in [-0.05, 0) is 47.5 Å². The Morgan fingerprint density at radius 2 is 2.47 bits per heavy atom. The summed E-state index contributed by atoms with van der Waals surface area (Å²) in [5.74, 6) is 1.04. The van der Waals surface area contributed by atoms with E-state index in [1.165, 1.54) is 0 Å². The summed E-state index contributed by atoms with van der Waals surface area (Å²) in [6, 6.07) is 1.76. The zero-order valence-corrected chi connectivity index (χ0v) is 12.5. The minimum absolute atomic E-state index is 0.00167. The second-order valence-corrected chi connectivity index (χ2v) is 7.00. The third-order valence-corrected chi connectivity index (χ3v) is 5.01. The zero-order chi connectivity index (χ0) is 12.5. The lowest BCUT2D eigenvalue weighted by Crippen LogP contribution is -2.34. The molecule has 17 heavy (non-hydrogen) atoms. The summed E-state index contributed by atoms with van der Waals surface area (Å²) >= 11 is 10.9. The predicted octanol–water partition coefficient (Wildman–Crippen LogP) is 3.72. The normalized spacial score (nSPS) is 23.7. The van der Waals surface area contributed by atoms with Gasteiger partial charge in [0.25, 0.3) is 0 Å². The molecule has 1 aromatic heterocycles. The first-order valence-corrected chi connectivity index (χ1v) is 7.43. The van der Waals surface area contributed by atoms with Crippen molar-refractivity contribution in [3.63, 3.8) is 0 Å². The Hall–Kier alpha value is -0.260. The molecule has 1 aliphatic rings. The molecule has 0 spiro atoms. The van der Waals surface area contributed by atoms with Crippen molar-refractivity contribution in [3.8, 4) is 0 Å². The van der Waals surface area contributed by atoms with Crippen molar-refractivity contribution in [1.82, 2.24) is 4.98 Å². The summed E-state index contributed by atoms with van der Waals surface area (Å²) in [5.41, 5.74) is 0.555. The van der Waals surface area contributed by atoms with E-state index in [1.807, 2.05) is 6.92 Å². The Balaban J connectivity index is 2.15. The number of carbonyl (C=O) groups excluding carboxylic acids is 1. The summed E-state index contributed by atoms with van der Waals surface area (Å²) < 4.78 is 0.451. The number of nitrogens with zero attached hydrogens (tertiary/aromatic N) is 1. The monoisotopic (exact) mass is 334 g/mol. The average molecular weight is 336 g/mol. The maximum absolute atomic E-state index is 12.2. The molecule has 92 valence electrons. The van der Waals surface area contributed by atoms with Gasteiger partial charge in [-0.2, -0.15) is 0 Å². The number of carbonyl (C=O) groups is 1. The van der Waals surface area contributed by atoms with Crippen LogP contribution in [0.2, 0.25) is 5.15 Å². The summed E-state index contributed by atoms with van der Waals surface area (Å²) in [5, 5.41) is 3.16. The number of rotatable bonds is 2. The van der Waals surface area contributed by atoms with Crippen molar-refractivity contribution < 1.29 is 4.79 Å². The smallest absolute Gasteiger partial charge is 0.240 e. The summed E-state index contributed by atoms with van der Waals surface area (Å²) in [6.45, 7) is 1.97. The molecule has 0 bridgehead atoms. The van der Waals surface area contributed by atoms with Crippen LogP contribution in [0.25, 0.3) is 0 Å². The van der Waals surface area contributed by atoms with Crippen LogP contribution in [0.5, 0.6) is 0 Å². The van der Waals surface area contributed by atoms with Crippen molar-refractivity contribution >= 4 is 50.9 Å². The molecule has 2 heterocycles. The fourth-order valence-electron chi connectivity index (χ4n) is 1.72. The van der Waals surface area contributed by atoms with Gasteiger partial charge in [0.05, 0.1) is 10.4 Å². The van der Waals surface area contributed by atoms with E-state index in [9.17, 15) is 4.79 Å². The van der Waals surface area contributed by atoms with Gasteiger partial charge >= 0.3 is 0 Å².